The molecule has 11 nitrogen and oxygen atoms in total. The zero-order chi connectivity index (χ0) is 65.8. The number of nitrogens with one attached hydrogen (secondary N) is 1. The Morgan fingerprint density at radius 1 is 0.407 bits per heavy atom. The van der Waals surface area contributed by atoms with Gasteiger partial charge < -0.3 is 45.1 Å². The van der Waals surface area contributed by atoms with Gasteiger partial charge in [0.05, 0.1) is 32.0 Å². The van der Waals surface area contributed by atoms with Crippen LogP contribution in [-0.2, 0) is 23.8 Å². The van der Waals surface area contributed by atoms with Crippen LogP contribution in [0.3, 0.4) is 0 Å². The number of unbranched alkanes of at least 4 members (excludes halogenated alkanes) is 53. The fraction of sp³-hybridized carbons (Fsp3) is 0.900. The summed E-state index contributed by atoms with van der Waals surface area (Å²) < 4.78 is 16.8. The summed E-state index contributed by atoms with van der Waals surface area (Å²) in [7, 11) is 0. The number of hydrogen-bond donors (Lipinski definition) is 6. The Bertz CT molecular complexity index is 1610. The van der Waals surface area contributed by atoms with Gasteiger partial charge in [-0.05, 0) is 64.2 Å². The van der Waals surface area contributed by atoms with E-state index in [1.807, 2.05) is 6.08 Å². The molecule has 0 aromatic rings. The number of esters is 1. The normalized spacial score (nSPS) is 17.7. The lowest BCUT2D eigenvalue weighted by molar-refractivity contribution is -0.302. The Morgan fingerprint density at radius 3 is 1.11 bits per heavy atom. The van der Waals surface area contributed by atoms with Gasteiger partial charge in [0.15, 0.2) is 6.29 Å². The summed E-state index contributed by atoms with van der Waals surface area (Å²) in [5.41, 5.74) is 0. The van der Waals surface area contributed by atoms with Gasteiger partial charge in [0.2, 0.25) is 5.91 Å². The highest BCUT2D eigenvalue weighted by atomic mass is 16.7. The van der Waals surface area contributed by atoms with Crippen molar-refractivity contribution in [3.63, 3.8) is 0 Å². The molecular weight excluding hydrogens is 1130 g/mol. The number of aliphatic hydroxyl groups is 5. The van der Waals surface area contributed by atoms with Crippen LogP contribution in [0.2, 0.25) is 0 Å². The fourth-order valence-electron chi connectivity index (χ4n) is 12.8. The summed E-state index contributed by atoms with van der Waals surface area (Å²) in [6.45, 7) is 4.39. The van der Waals surface area contributed by atoms with Crippen molar-refractivity contribution in [3.8, 4) is 0 Å². The van der Waals surface area contributed by atoms with E-state index in [1.54, 1.807) is 6.08 Å². The van der Waals surface area contributed by atoms with Crippen LogP contribution >= 0.6 is 0 Å². The summed E-state index contributed by atoms with van der Waals surface area (Å²) in [4.78, 5) is 25.1. The van der Waals surface area contributed by atoms with E-state index in [4.69, 9.17) is 14.2 Å². The van der Waals surface area contributed by atoms with Crippen LogP contribution in [0.4, 0.5) is 0 Å². The zero-order valence-corrected chi connectivity index (χ0v) is 59.8. The van der Waals surface area contributed by atoms with E-state index in [0.29, 0.717) is 19.4 Å². The lowest BCUT2D eigenvalue weighted by atomic mass is 9.99. The van der Waals surface area contributed by atoms with Gasteiger partial charge in [-0.15, -0.1) is 0 Å². The van der Waals surface area contributed by atoms with Crippen LogP contribution in [0.1, 0.15) is 399 Å². The maximum atomic E-state index is 13.1. The molecule has 1 amide bonds. The number of carbonyl (C=O) groups excluding carboxylic acids is 2. The van der Waals surface area contributed by atoms with E-state index in [9.17, 15) is 35.1 Å². The third kappa shape index (κ3) is 57.8. The summed E-state index contributed by atoms with van der Waals surface area (Å²) in [5, 5.41) is 54.5. The van der Waals surface area contributed by atoms with Crippen LogP contribution in [-0.4, -0.2) is 100 Å². The van der Waals surface area contributed by atoms with Crippen LogP contribution in [0.25, 0.3) is 0 Å². The molecule has 11 heteroatoms. The van der Waals surface area contributed by atoms with Crippen molar-refractivity contribution in [2.24, 2.45) is 0 Å². The second-order valence-corrected chi connectivity index (χ2v) is 27.8. The first kappa shape index (κ1) is 86.9. The highest BCUT2D eigenvalue weighted by molar-refractivity contribution is 5.76. The van der Waals surface area contributed by atoms with E-state index in [0.717, 1.165) is 57.8 Å². The molecule has 0 radical (unpaired) electrons. The fourth-order valence-corrected chi connectivity index (χ4v) is 12.8. The van der Waals surface area contributed by atoms with Gasteiger partial charge in [0.25, 0.3) is 0 Å². The predicted octanol–water partition coefficient (Wildman–Crippen LogP) is 21.3. The molecule has 0 aliphatic carbocycles. The topological polar surface area (TPSA) is 175 Å². The minimum atomic E-state index is -1.57. The maximum Gasteiger partial charge on any atom is 0.305 e. The second kappa shape index (κ2) is 69.2. The van der Waals surface area contributed by atoms with Gasteiger partial charge in [0, 0.05) is 12.8 Å². The van der Waals surface area contributed by atoms with Gasteiger partial charge in [-0.25, -0.2) is 0 Å². The lowest BCUT2D eigenvalue weighted by Crippen LogP contribution is -2.60. The molecule has 1 aliphatic rings. The molecule has 0 spiro atoms. The SMILES string of the molecule is CCCCCCCCCCCC/C=C/C(O)C(COC1OC(CO)C(O)C(O)C1O)NC(=O)CCCCCCCCCCCCCCCCCCC/C=C\C/C=C\CCCCCCCCCCCCCCCCCOC(=O)CCCCCCCCCCCCCC. The summed E-state index contributed by atoms with van der Waals surface area (Å²) in [6, 6.07) is -0.807. The predicted molar refractivity (Wildman–Crippen MR) is 384 cm³/mol. The van der Waals surface area contributed by atoms with E-state index in [1.165, 1.54) is 315 Å². The molecular formula is C80H151NO10. The number of rotatable bonds is 71. The van der Waals surface area contributed by atoms with Crippen molar-refractivity contribution >= 4 is 11.9 Å². The third-order valence-electron chi connectivity index (χ3n) is 19.0. The van der Waals surface area contributed by atoms with Crippen molar-refractivity contribution in [2.45, 2.75) is 442 Å². The average Bonchev–Trinajstić information content (AvgIpc) is 1.37. The molecule has 0 saturated carbocycles. The first-order chi connectivity index (χ1) is 44.7. The van der Waals surface area contributed by atoms with Crippen molar-refractivity contribution in [3.05, 3.63) is 36.5 Å². The Labute approximate surface area is 562 Å². The monoisotopic (exact) mass is 1290 g/mol. The quantitative estimate of drug-likeness (QED) is 0.0195. The number of ether oxygens (including phenoxy) is 3. The number of allylic oxidation sites excluding steroid dienone is 5. The maximum absolute atomic E-state index is 13.1. The lowest BCUT2D eigenvalue weighted by Gasteiger charge is -2.40. The van der Waals surface area contributed by atoms with E-state index in [-0.39, 0.29) is 18.5 Å². The smallest absolute Gasteiger partial charge is 0.305 e. The van der Waals surface area contributed by atoms with Crippen LogP contribution in [0.15, 0.2) is 36.5 Å². The average molecular weight is 1290 g/mol. The first-order valence-corrected chi connectivity index (χ1v) is 39.8. The minimum Gasteiger partial charge on any atom is -0.466 e. The Hall–Kier alpha value is -2.12. The third-order valence-corrected chi connectivity index (χ3v) is 19.0. The number of carbonyl (C=O) groups is 2. The Balaban J connectivity index is 1.90. The molecule has 1 saturated heterocycles. The first-order valence-electron chi connectivity index (χ1n) is 39.8. The van der Waals surface area contributed by atoms with Gasteiger partial charge in [-0.1, -0.05) is 359 Å². The molecule has 536 valence electrons. The summed E-state index contributed by atoms with van der Waals surface area (Å²) in [6.07, 6.45) is 80.4. The number of hydrogen-bond acceptors (Lipinski definition) is 10. The van der Waals surface area contributed by atoms with Crippen molar-refractivity contribution in [1.29, 1.82) is 0 Å². The van der Waals surface area contributed by atoms with E-state index >= 15 is 0 Å². The molecule has 1 aliphatic heterocycles. The van der Waals surface area contributed by atoms with Gasteiger partial charge in [-0.2, -0.15) is 0 Å². The summed E-state index contributed by atoms with van der Waals surface area (Å²) >= 11 is 0. The molecule has 7 unspecified atom stereocenters. The molecule has 91 heavy (non-hydrogen) atoms. The zero-order valence-electron chi connectivity index (χ0n) is 59.8. The highest BCUT2D eigenvalue weighted by Crippen LogP contribution is 2.24. The molecule has 0 aromatic carbocycles. The van der Waals surface area contributed by atoms with Gasteiger partial charge in [0.1, 0.15) is 24.4 Å². The molecule has 7 atom stereocenters. The molecule has 1 heterocycles. The van der Waals surface area contributed by atoms with Gasteiger partial charge >= 0.3 is 5.97 Å². The van der Waals surface area contributed by atoms with E-state index in [2.05, 4.69) is 43.5 Å². The largest absolute Gasteiger partial charge is 0.466 e. The molecule has 0 aromatic heterocycles. The number of aliphatic hydroxyl groups excluding tert-OH is 5. The van der Waals surface area contributed by atoms with Crippen LogP contribution < -0.4 is 5.32 Å². The minimum absolute atomic E-state index is 0.0158. The molecule has 1 fully saturated rings. The second-order valence-electron chi connectivity index (χ2n) is 27.8. The van der Waals surface area contributed by atoms with E-state index < -0.39 is 49.5 Å². The highest BCUT2D eigenvalue weighted by Gasteiger charge is 2.44. The van der Waals surface area contributed by atoms with Crippen molar-refractivity contribution in [2.75, 3.05) is 19.8 Å². The molecule has 1 rings (SSSR count). The van der Waals surface area contributed by atoms with Crippen LogP contribution in [0, 0.1) is 0 Å². The van der Waals surface area contributed by atoms with Gasteiger partial charge in [-0.3, -0.25) is 9.59 Å². The van der Waals surface area contributed by atoms with Crippen molar-refractivity contribution < 1.29 is 49.3 Å². The van der Waals surface area contributed by atoms with Crippen molar-refractivity contribution in [1.82, 2.24) is 5.32 Å². The summed E-state index contributed by atoms with van der Waals surface area (Å²) in [5.74, 6) is -0.161. The standard InChI is InChI=1S/C80H151NO10/c1-3-5-7-9-11-13-15-46-50-54-58-62-66-73(83)72(71-90-80-79(88)78(87)77(86)74(70-82)91-80)81-75(84)67-63-59-55-51-47-44-42-40-38-36-34-32-30-28-26-24-22-20-18-17-19-21-23-25-27-29-31-33-35-37-39-41-43-45-49-53-57-61-65-69-89-76(85)68-64-60-56-52-48-16-14-12-10-8-6-4-2/h17-18,21,23,62,66,72-74,77-80,82-83,86-88H,3-16,19-20,22,24-61,63-65,67-71H2,1-2H3,(H,81,84)/b18-17-,23-21-,66-62+. The van der Waals surface area contributed by atoms with Crippen LogP contribution in [0.5, 0.6) is 0 Å². The Morgan fingerprint density at radius 2 is 0.736 bits per heavy atom. The molecule has 6 N–H and O–H groups in total. The molecule has 0 bridgehead atoms. The number of amides is 1. The Kier molecular flexibility index (Phi) is 66.1.